The van der Waals surface area contributed by atoms with E-state index in [2.05, 4.69) is 10.5 Å². The van der Waals surface area contributed by atoms with E-state index in [0.29, 0.717) is 17.1 Å². The molecular weight excluding hydrogens is 316 g/mol. The van der Waals surface area contributed by atoms with Crippen molar-refractivity contribution in [3.8, 4) is 11.5 Å². The van der Waals surface area contributed by atoms with Crippen molar-refractivity contribution < 1.29 is 14.4 Å². The summed E-state index contributed by atoms with van der Waals surface area (Å²) in [7, 11) is 2.93. The summed E-state index contributed by atoms with van der Waals surface area (Å²) >= 11 is 0. The molecule has 0 aromatic heterocycles. The SMILES string of the molecule is CC.CC.CNC(=O)/C(=N/OC)c1ccccc1Oc1ccccc1. The molecule has 1 amide bonds. The maximum absolute atomic E-state index is 11.9. The predicted octanol–water partition coefficient (Wildman–Crippen LogP) is 4.63. The van der Waals surface area contributed by atoms with Crippen LogP contribution in [0.1, 0.15) is 33.3 Å². The van der Waals surface area contributed by atoms with Crippen LogP contribution in [0.4, 0.5) is 0 Å². The van der Waals surface area contributed by atoms with Crippen molar-refractivity contribution in [3.63, 3.8) is 0 Å². The van der Waals surface area contributed by atoms with Crippen LogP contribution in [0.5, 0.6) is 11.5 Å². The molecule has 0 fully saturated rings. The Bertz CT molecular complexity index is 640. The van der Waals surface area contributed by atoms with E-state index in [-0.39, 0.29) is 11.6 Å². The Labute approximate surface area is 150 Å². The van der Waals surface area contributed by atoms with Crippen molar-refractivity contribution in [3.05, 3.63) is 60.2 Å². The van der Waals surface area contributed by atoms with Gasteiger partial charge in [-0.1, -0.05) is 63.2 Å². The van der Waals surface area contributed by atoms with Crippen molar-refractivity contribution >= 4 is 11.6 Å². The topological polar surface area (TPSA) is 59.9 Å². The van der Waals surface area contributed by atoms with Gasteiger partial charge in [0.05, 0.1) is 5.56 Å². The number of amides is 1. The molecule has 0 spiro atoms. The largest absolute Gasteiger partial charge is 0.457 e. The Morgan fingerprint density at radius 3 is 2.04 bits per heavy atom. The van der Waals surface area contributed by atoms with Crippen molar-refractivity contribution in [2.75, 3.05) is 14.2 Å². The van der Waals surface area contributed by atoms with E-state index < -0.39 is 0 Å². The van der Waals surface area contributed by atoms with E-state index in [4.69, 9.17) is 9.57 Å². The molecule has 0 aliphatic rings. The second kappa shape index (κ2) is 13.6. The lowest BCUT2D eigenvalue weighted by Gasteiger charge is -2.11. The Kier molecular flexibility index (Phi) is 12.1. The molecule has 2 rings (SSSR count). The van der Waals surface area contributed by atoms with Gasteiger partial charge < -0.3 is 14.9 Å². The molecule has 0 unspecified atom stereocenters. The van der Waals surface area contributed by atoms with E-state index >= 15 is 0 Å². The summed E-state index contributed by atoms with van der Waals surface area (Å²) < 4.78 is 5.82. The minimum atomic E-state index is -0.346. The number of ether oxygens (including phenoxy) is 1. The van der Waals surface area contributed by atoms with Crippen LogP contribution in [0.25, 0.3) is 0 Å². The lowest BCUT2D eigenvalue weighted by atomic mass is 10.1. The van der Waals surface area contributed by atoms with Crippen LogP contribution in [0.3, 0.4) is 0 Å². The first kappa shape index (κ1) is 22.2. The highest BCUT2D eigenvalue weighted by Crippen LogP contribution is 2.25. The molecule has 0 saturated heterocycles. The highest BCUT2D eigenvalue weighted by Gasteiger charge is 2.18. The van der Waals surface area contributed by atoms with Gasteiger partial charge in [0.1, 0.15) is 18.6 Å². The lowest BCUT2D eigenvalue weighted by Crippen LogP contribution is -2.28. The van der Waals surface area contributed by atoms with Gasteiger partial charge in [0.25, 0.3) is 5.91 Å². The average molecular weight is 344 g/mol. The normalized spacial score (nSPS) is 9.60. The number of rotatable bonds is 5. The third kappa shape index (κ3) is 7.08. The van der Waals surface area contributed by atoms with Crippen LogP contribution in [0.15, 0.2) is 59.8 Å². The third-order valence-electron chi connectivity index (χ3n) is 2.74. The van der Waals surface area contributed by atoms with Crippen molar-refractivity contribution in [1.82, 2.24) is 5.32 Å². The van der Waals surface area contributed by atoms with E-state index in [1.54, 1.807) is 18.2 Å². The fraction of sp³-hybridized carbons (Fsp3) is 0.300. The van der Waals surface area contributed by atoms with Gasteiger partial charge in [-0.3, -0.25) is 4.79 Å². The number of nitrogens with zero attached hydrogens (tertiary/aromatic N) is 1. The van der Waals surface area contributed by atoms with Crippen LogP contribution in [-0.2, 0) is 9.63 Å². The molecule has 0 radical (unpaired) electrons. The Hall–Kier alpha value is -2.82. The summed E-state index contributed by atoms with van der Waals surface area (Å²) in [5, 5.41) is 6.33. The second-order valence-electron chi connectivity index (χ2n) is 4.11. The Morgan fingerprint density at radius 2 is 1.48 bits per heavy atom. The standard InChI is InChI=1S/C16H16N2O3.2C2H6/c1-17-16(19)15(18-20-2)13-10-6-7-11-14(13)21-12-8-4-3-5-9-12;2*1-2/h3-11H,1-2H3,(H,17,19);2*1-2H3/b18-15+;;. The first-order valence-electron chi connectivity index (χ1n) is 8.41. The van der Waals surface area contributed by atoms with Gasteiger partial charge in [-0.25, -0.2) is 0 Å². The molecule has 5 heteroatoms. The van der Waals surface area contributed by atoms with E-state index in [1.165, 1.54) is 14.2 Å². The molecule has 2 aromatic rings. The minimum absolute atomic E-state index is 0.159. The highest BCUT2D eigenvalue weighted by molar-refractivity contribution is 6.45. The van der Waals surface area contributed by atoms with Crippen LogP contribution in [0, 0.1) is 0 Å². The maximum Gasteiger partial charge on any atom is 0.273 e. The molecule has 0 aliphatic carbocycles. The van der Waals surface area contributed by atoms with Gasteiger partial charge in [0, 0.05) is 7.05 Å². The molecule has 0 heterocycles. The fourth-order valence-electron chi connectivity index (χ4n) is 1.79. The number of hydrogen-bond acceptors (Lipinski definition) is 4. The van der Waals surface area contributed by atoms with Gasteiger partial charge in [0.15, 0.2) is 5.71 Å². The van der Waals surface area contributed by atoms with E-state index in [0.717, 1.165) is 0 Å². The highest BCUT2D eigenvalue weighted by atomic mass is 16.6. The summed E-state index contributed by atoms with van der Waals surface area (Å²) in [5.74, 6) is 0.864. The van der Waals surface area contributed by atoms with Crippen molar-refractivity contribution in [1.29, 1.82) is 0 Å². The van der Waals surface area contributed by atoms with Crippen LogP contribution in [-0.4, -0.2) is 25.8 Å². The van der Waals surface area contributed by atoms with Gasteiger partial charge in [0.2, 0.25) is 0 Å². The van der Waals surface area contributed by atoms with E-state index in [9.17, 15) is 4.79 Å². The molecule has 0 saturated carbocycles. The van der Waals surface area contributed by atoms with Gasteiger partial charge in [-0.05, 0) is 24.3 Å². The van der Waals surface area contributed by atoms with Crippen LogP contribution < -0.4 is 10.1 Å². The molecule has 25 heavy (non-hydrogen) atoms. The number of para-hydroxylation sites is 2. The monoisotopic (exact) mass is 344 g/mol. The summed E-state index contributed by atoms with van der Waals surface area (Å²) in [5.41, 5.74) is 0.717. The summed E-state index contributed by atoms with van der Waals surface area (Å²) in [6, 6.07) is 16.5. The number of oxime groups is 1. The smallest absolute Gasteiger partial charge is 0.273 e. The molecule has 0 atom stereocenters. The van der Waals surface area contributed by atoms with Crippen LogP contribution in [0.2, 0.25) is 0 Å². The van der Waals surface area contributed by atoms with Gasteiger partial charge >= 0.3 is 0 Å². The van der Waals surface area contributed by atoms with E-state index in [1.807, 2.05) is 64.1 Å². The number of likely N-dealkylation sites (N-methyl/N-ethyl adjacent to an activating group) is 1. The van der Waals surface area contributed by atoms with Gasteiger partial charge in [-0.2, -0.15) is 0 Å². The summed E-state index contributed by atoms with van der Waals surface area (Å²) in [6.45, 7) is 8.00. The van der Waals surface area contributed by atoms with Crippen molar-refractivity contribution in [2.45, 2.75) is 27.7 Å². The number of carbonyl (C=O) groups is 1. The molecule has 0 bridgehead atoms. The lowest BCUT2D eigenvalue weighted by molar-refractivity contribution is -0.114. The quantitative estimate of drug-likeness (QED) is 0.635. The van der Waals surface area contributed by atoms with Crippen LogP contribution >= 0.6 is 0 Å². The molecule has 5 nitrogen and oxygen atoms in total. The number of hydrogen-bond donors (Lipinski definition) is 1. The number of benzene rings is 2. The molecule has 1 N–H and O–H groups in total. The first-order chi connectivity index (χ1) is 12.3. The zero-order chi connectivity index (χ0) is 19.1. The molecule has 0 aliphatic heterocycles. The Balaban J connectivity index is 0.00000134. The number of carbonyl (C=O) groups excluding carboxylic acids is 1. The summed E-state index contributed by atoms with van der Waals surface area (Å²) in [6.07, 6.45) is 0. The first-order valence-corrected chi connectivity index (χ1v) is 8.41. The maximum atomic E-state index is 11.9. The molecule has 2 aromatic carbocycles. The number of nitrogens with one attached hydrogen (secondary N) is 1. The third-order valence-corrected chi connectivity index (χ3v) is 2.74. The second-order valence-corrected chi connectivity index (χ2v) is 4.11. The minimum Gasteiger partial charge on any atom is -0.457 e. The van der Waals surface area contributed by atoms with Gasteiger partial charge in [-0.15, -0.1) is 0 Å². The molecular formula is C20H28N2O3. The Morgan fingerprint density at radius 1 is 0.920 bits per heavy atom. The molecule has 136 valence electrons. The zero-order valence-electron chi connectivity index (χ0n) is 15.9. The fourth-order valence-corrected chi connectivity index (χ4v) is 1.79. The zero-order valence-corrected chi connectivity index (χ0v) is 15.9. The predicted molar refractivity (Wildman–Crippen MR) is 103 cm³/mol. The average Bonchev–Trinajstić information content (AvgIpc) is 2.70. The van der Waals surface area contributed by atoms with Crippen molar-refractivity contribution in [2.24, 2.45) is 5.16 Å². The summed E-state index contributed by atoms with van der Waals surface area (Å²) in [4.78, 5) is 16.7.